The lowest BCUT2D eigenvalue weighted by atomic mass is 10.0. The summed E-state index contributed by atoms with van der Waals surface area (Å²) in [5.74, 6) is 0.889. The van der Waals surface area contributed by atoms with Gasteiger partial charge in [-0.05, 0) is 61.0 Å². The highest BCUT2D eigenvalue weighted by Crippen LogP contribution is 2.37. The number of aromatic nitrogens is 1. The van der Waals surface area contributed by atoms with Crippen LogP contribution >= 0.6 is 0 Å². The highest BCUT2D eigenvalue weighted by atomic mass is 32.2. The Morgan fingerprint density at radius 2 is 1.97 bits per heavy atom. The zero-order chi connectivity index (χ0) is 26.6. The monoisotopic (exact) mass is 525 g/mol. The summed E-state index contributed by atoms with van der Waals surface area (Å²) in [4.78, 5) is 6.45. The van der Waals surface area contributed by atoms with Gasteiger partial charge in [0.25, 0.3) is 0 Å². The molecule has 2 heterocycles. The van der Waals surface area contributed by atoms with Gasteiger partial charge in [-0.3, -0.25) is 9.88 Å². The SMILES string of the molecule is COc1cccc(-c2ccc3c(c2)O[C@H](CN(C)Cc2cccnc2)[C@H](C)CN([C@@H](C)CO)S3(=O)=O)c1. The first kappa shape index (κ1) is 27.1. The van der Waals surface area contributed by atoms with Crippen LogP contribution in [-0.4, -0.2) is 73.7 Å². The van der Waals surface area contributed by atoms with Gasteiger partial charge in [-0.25, -0.2) is 8.42 Å². The van der Waals surface area contributed by atoms with Gasteiger partial charge < -0.3 is 14.6 Å². The lowest BCUT2D eigenvalue weighted by Crippen LogP contribution is -2.49. The Morgan fingerprint density at radius 1 is 1.19 bits per heavy atom. The number of methoxy groups -OCH3 is 1. The molecule has 0 amide bonds. The van der Waals surface area contributed by atoms with Gasteiger partial charge >= 0.3 is 0 Å². The zero-order valence-corrected chi connectivity index (χ0v) is 22.6. The van der Waals surface area contributed by atoms with Crippen LogP contribution < -0.4 is 9.47 Å². The molecule has 1 N–H and O–H groups in total. The second-order valence-electron chi connectivity index (χ2n) is 9.69. The summed E-state index contributed by atoms with van der Waals surface area (Å²) in [6, 6.07) is 16.2. The number of sulfonamides is 1. The van der Waals surface area contributed by atoms with Gasteiger partial charge in [0.15, 0.2) is 0 Å². The number of benzene rings is 2. The smallest absolute Gasteiger partial charge is 0.247 e. The van der Waals surface area contributed by atoms with E-state index in [1.807, 2.05) is 56.6 Å². The highest BCUT2D eigenvalue weighted by Gasteiger charge is 2.38. The van der Waals surface area contributed by atoms with Crippen LogP contribution in [0.15, 0.2) is 71.9 Å². The molecule has 0 radical (unpaired) electrons. The largest absolute Gasteiger partial charge is 0.497 e. The lowest BCUT2D eigenvalue weighted by molar-refractivity contribution is 0.0734. The molecule has 37 heavy (non-hydrogen) atoms. The standard InChI is InChI=1S/C28H35N3O5S/c1-20-16-31(21(2)19-32)37(33,34)28-11-10-24(23-8-5-9-25(13-23)35-4)14-26(28)36-27(20)18-30(3)17-22-7-6-12-29-15-22/h5-15,20-21,27,32H,16-19H2,1-4H3/t20-,21+,27-/m1/s1. The van der Waals surface area contributed by atoms with Gasteiger partial charge in [0.1, 0.15) is 22.5 Å². The van der Waals surface area contributed by atoms with Crippen LogP contribution in [0.25, 0.3) is 11.1 Å². The quantitative estimate of drug-likeness (QED) is 0.480. The molecule has 0 saturated carbocycles. The Bertz CT molecular complexity index is 1300. The van der Waals surface area contributed by atoms with Crippen LogP contribution in [0.4, 0.5) is 0 Å². The molecule has 1 aliphatic rings. The van der Waals surface area contributed by atoms with Crippen LogP contribution in [0.1, 0.15) is 19.4 Å². The number of ether oxygens (including phenoxy) is 2. The molecule has 3 aromatic rings. The second kappa shape index (κ2) is 11.6. The number of fused-ring (bicyclic) bond motifs is 1. The Labute approximate surface area is 219 Å². The van der Waals surface area contributed by atoms with Crippen LogP contribution in [0.5, 0.6) is 11.5 Å². The maximum atomic E-state index is 13.7. The van der Waals surface area contributed by atoms with Crippen molar-refractivity contribution < 1.29 is 23.0 Å². The molecule has 2 aromatic carbocycles. The number of hydrogen-bond donors (Lipinski definition) is 1. The Balaban J connectivity index is 1.73. The van der Waals surface area contributed by atoms with E-state index in [2.05, 4.69) is 9.88 Å². The van der Waals surface area contributed by atoms with E-state index in [9.17, 15) is 13.5 Å². The van der Waals surface area contributed by atoms with Crippen LogP contribution in [0.3, 0.4) is 0 Å². The molecule has 0 bridgehead atoms. The fraction of sp³-hybridized carbons (Fsp3) is 0.393. The number of rotatable bonds is 8. The molecule has 3 atom stereocenters. The topological polar surface area (TPSA) is 92.2 Å². The van der Waals surface area contributed by atoms with E-state index in [1.165, 1.54) is 4.31 Å². The minimum Gasteiger partial charge on any atom is -0.497 e. The van der Waals surface area contributed by atoms with Crippen LogP contribution in [-0.2, 0) is 16.6 Å². The van der Waals surface area contributed by atoms with E-state index in [0.717, 1.165) is 16.7 Å². The molecule has 1 aliphatic heterocycles. The Hall–Kier alpha value is -2.98. The third-order valence-electron chi connectivity index (χ3n) is 6.74. The molecule has 0 unspecified atom stereocenters. The number of aliphatic hydroxyl groups is 1. The summed E-state index contributed by atoms with van der Waals surface area (Å²) >= 11 is 0. The van der Waals surface area contributed by atoms with Gasteiger partial charge in [0.2, 0.25) is 10.0 Å². The Kier molecular flexibility index (Phi) is 8.49. The first-order valence-corrected chi connectivity index (χ1v) is 13.8. The van der Waals surface area contributed by atoms with Crippen molar-refractivity contribution in [3.63, 3.8) is 0 Å². The molecule has 0 aliphatic carbocycles. The lowest BCUT2D eigenvalue weighted by Gasteiger charge is -2.37. The molecule has 4 rings (SSSR count). The highest BCUT2D eigenvalue weighted by molar-refractivity contribution is 7.89. The van der Waals surface area contributed by atoms with Crippen molar-refractivity contribution >= 4 is 10.0 Å². The van der Waals surface area contributed by atoms with Crippen molar-refractivity contribution in [3.8, 4) is 22.6 Å². The normalized spacial score (nSPS) is 20.4. The Morgan fingerprint density at radius 3 is 2.68 bits per heavy atom. The van der Waals surface area contributed by atoms with Crippen molar-refractivity contribution in [2.24, 2.45) is 5.92 Å². The predicted octanol–water partition coefficient (Wildman–Crippen LogP) is 3.66. The van der Waals surface area contributed by atoms with Crippen LogP contribution in [0, 0.1) is 5.92 Å². The van der Waals surface area contributed by atoms with Crippen molar-refractivity contribution in [1.29, 1.82) is 0 Å². The summed E-state index contributed by atoms with van der Waals surface area (Å²) in [5, 5.41) is 9.87. The van der Waals surface area contributed by atoms with Crippen molar-refractivity contribution in [2.75, 3.05) is 33.9 Å². The van der Waals surface area contributed by atoms with E-state index in [4.69, 9.17) is 9.47 Å². The maximum absolute atomic E-state index is 13.7. The number of hydrogen-bond acceptors (Lipinski definition) is 7. The molecular formula is C28H35N3O5S. The number of pyridine rings is 1. The summed E-state index contributed by atoms with van der Waals surface area (Å²) in [5.41, 5.74) is 2.80. The van der Waals surface area contributed by atoms with Gasteiger partial charge in [0, 0.05) is 44.0 Å². The molecular weight excluding hydrogens is 490 g/mol. The average molecular weight is 526 g/mol. The average Bonchev–Trinajstić information content (AvgIpc) is 2.90. The summed E-state index contributed by atoms with van der Waals surface area (Å²) in [6.45, 7) is 4.96. The molecule has 8 nitrogen and oxygen atoms in total. The summed E-state index contributed by atoms with van der Waals surface area (Å²) < 4.78 is 40.8. The molecule has 0 fully saturated rings. The molecule has 9 heteroatoms. The van der Waals surface area contributed by atoms with E-state index < -0.39 is 16.1 Å². The summed E-state index contributed by atoms with van der Waals surface area (Å²) in [7, 11) is -0.272. The molecule has 0 saturated heterocycles. The number of aliphatic hydroxyl groups excluding tert-OH is 1. The van der Waals surface area contributed by atoms with Gasteiger partial charge in [0.05, 0.1) is 13.7 Å². The van der Waals surface area contributed by atoms with E-state index >= 15 is 0 Å². The summed E-state index contributed by atoms with van der Waals surface area (Å²) in [6.07, 6.45) is 3.30. The molecule has 198 valence electrons. The van der Waals surface area contributed by atoms with Crippen LogP contribution in [0.2, 0.25) is 0 Å². The molecule has 1 aromatic heterocycles. The molecule has 0 spiro atoms. The number of nitrogens with zero attached hydrogens (tertiary/aromatic N) is 3. The van der Waals surface area contributed by atoms with E-state index in [-0.39, 0.29) is 30.1 Å². The predicted molar refractivity (Wildman–Crippen MR) is 143 cm³/mol. The first-order valence-electron chi connectivity index (χ1n) is 12.4. The van der Waals surface area contributed by atoms with Crippen molar-refractivity contribution in [1.82, 2.24) is 14.2 Å². The number of likely N-dealkylation sites (N-methyl/N-ethyl adjacent to an activating group) is 1. The second-order valence-corrected chi connectivity index (χ2v) is 11.6. The third-order valence-corrected chi connectivity index (χ3v) is 8.76. The zero-order valence-electron chi connectivity index (χ0n) is 21.7. The van der Waals surface area contributed by atoms with Crippen molar-refractivity contribution in [3.05, 3.63) is 72.6 Å². The third kappa shape index (κ3) is 6.13. The van der Waals surface area contributed by atoms with Gasteiger partial charge in [-0.1, -0.05) is 31.2 Å². The first-order chi connectivity index (χ1) is 17.7. The van der Waals surface area contributed by atoms with Gasteiger partial charge in [-0.15, -0.1) is 0 Å². The fourth-order valence-corrected chi connectivity index (χ4v) is 6.43. The fourth-order valence-electron chi connectivity index (χ4n) is 4.60. The van der Waals surface area contributed by atoms with E-state index in [1.54, 1.807) is 38.4 Å². The minimum absolute atomic E-state index is 0.103. The van der Waals surface area contributed by atoms with Gasteiger partial charge in [-0.2, -0.15) is 4.31 Å². The maximum Gasteiger partial charge on any atom is 0.247 e. The minimum atomic E-state index is -3.90. The van der Waals surface area contributed by atoms with E-state index in [0.29, 0.717) is 24.6 Å². The van der Waals surface area contributed by atoms with Crippen molar-refractivity contribution in [2.45, 2.75) is 37.4 Å².